The van der Waals surface area contributed by atoms with Gasteiger partial charge in [0.25, 0.3) is 5.91 Å². The molecule has 0 saturated carbocycles. The second-order valence-electron chi connectivity index (χ2n) is 7.91. The lowest BCUT2D eigenvalue weighted by Crippen LogP contribution is -2.48. The summed E-state index contributed by atoms with van der Waals surface area (Å²) in [5, 5.41) is 2.94. The summed E-state index contributed by atoms with van der Waals surface area (Å²) in [6, 6.07) is 8.55. The molecule has 1 heterocycles. The van der Waals surface area contributed by atoms with Crippen LogP contribution < -0.4 is 10.2 Å². The van der Waals surface area contributed by atoms with E-state index < -0.39 is 0 Å². The largest absolute Gasteiger partial charge is 0.455 e. The monoisotopic (exact) mass is 390 g/mol. The average Bonchev–Trinajstić information content (AvgIpc) is 2.67. The van der Waals surface area contributed by atoms with E-state index in [1.54, 1.807) is 13.8 Å². The number of amides is 1. The molecule has 1 fully saturated rings. The molecule has 0 aliphatic carbocycles. The van der Waals surface area contributed by atoms with Crippen LogP contribution in [0.25, 0.3) is 0 Å². The number of nitrogens with one attached hydrogen (secondary N) is 1. The lowest BCUT2D eigenvalue weighted by Gasteiger charge is -2.38. The zero-order valence-electron chi connectivity index (χ0n) is 17.8. The predicted octanol–water partition coefficient (Wildman–Crippen LogP) is 1.36. The molecule has 0 radical (unpaired) electrons. The topological polar surface area (TPSA) is 65.1 Å². The van der Waals surface area contributed by atoms with Gasteiger partial charge in [0.05, 0.1) is 12.0 Å². The van der Waals surface area contributed by atoms with Gasteiger partial charge in [0, 0.05) is 52.5 Å². The van der Waals surface area contributed by atoms with Gasteiger partial charge in [0.2, 0.25) is 0 Å². The van der Waals surface area contributed by atoms with Gasteiger partial charge in [-0.1, -0.05) is 26.0 Å². The highest BCUT2D eigenvalue weighted by molar-refractivity contribution is 5.81. The number of hydrogen-bond acceptors (Lipinski definition) is 6. The van der Waals surface area contributed by atoms with Gasteiger partial charge in [-0.2, -0.15) is 0 Å². The van der Waals surface area contributed by atoms with Crippen LogP contribution in [0.2, 0.25) is 0 Å². The molecule has 2 rings (SSSR count). The fourth-order valence-corrected chi connectivity index (χ4v) is 3.15. The minimum atomic E-state index is -0.356. The third-order valence-corrected chi connectivity index (χ3v) is 5.08. The van der Waals surface area contributed by atoms with Gasteiger partial charge in [-0.15, -0.1) is 0 Å². The van der Waals surface area contributed by atoms with Crippen LogP contribution in [-0.2, 0) is 14.3 Å². The van der Waals surface area contributed by atoms with Crippen molar-refractivity contribution in [3.05, 3.63) is 29.8 Å². The van der Waals surface area contributed by atoms with Crippen molar-refractivity contribution < 1.29 is 14.3 Å². The Morgan fingerprint density at radius 2 is 1.71 bits per heavy atom. The minimum Gasteiger partial charge on any atom is -0.455 e. The molecule has 28 heavy (non-hydrogen) atoms. The standard InChI is InChI=1S/C21H34N4O3/c1-16(2)21(27)28-15-20(26)22-14-19(25-12-10-24(5)11-13-25)17-6-8-18(9-7-17)23(3)4/h6-9,16,19H,10-15H2,1-5H3,(H,22,26)/t19-/m0/s1. The van der Waals surface area contributed by atoms with Crippen LogP contribution in [0, 0.1) is 5.92 Å². The Morgan fingerprint density at radius 1 is 1.11 bits per heavy atom. The van der Waals surface area contributed by atoms with Crippen molar-refractivity contribution in [3.63, 3.8) is 0 Å². The summed E-state index contributed by atoms with van der Waals surface area (Å²) in [4.78, 5) is 30.5. The number of piperazine rings is 1. The Kier molecular flexibility index (Phi) is 8.26. The molecule has 156 valence electrons. The van der Waals surface area contributed by atoms with Gasteiger partial charge in [-0.3, -0.25) is 14.5 Å². The normalized spacial score (nSPS) is 16.6. The van der Waals surface area contributed by atoms with Crippen molar-refractivity contribution in [3.8, 4) is 0 Å². The molecule has 1 aliphatic heterocycles. The van der Waals surface area contributed by atoms with Crippen LogP contribution >= 0.6 is 0 Å². The van der Waals surface area contributed by atoms with E-state index in [0.717, 1.165) is 31.9 Å². The molecule has 7 nitrogen and oxygen atoms in total. The molecule has 1 saturated heterocycles. The maximum atomic E-state index is 12.2. The van der Waals surface area contributed by atoms with Crippen molar-refractivity contribution in [2.45, 2.75) is 19.9 Å². The highest BCUT2D eigenvalue weighted by Crippen LogP contribution is 2.24. The minimum absolute atomic E-state index is 0.0923. The molecule has 0 spiro atoms. The van der Waals surface area contributed by atoms with E-state index in [9.17, 15) is 9.59 Å². The molecule has 1 aromatic rings. The third kappa shape index (κ3) is 6.49. The average molecular weight is 391 g/mol. The number of benzene rings is 1. The van der Waals surface area contributed by atoms with Gasteiger partial charge < -0.3 is 19.9 Å². The molecule has 1 N–H and O–H groups in total. The predicted molar refractivity (Wildman–Crippen MR) is 111 cm³/mol. The Bertz CT molecular complexity index is 638. The second-order valence-corrected chi connectivity index (χ2v) is 7.91. The first-order chi connectivity index (χ1) is 13.3. The van der Waals surface area contributed by atoms with E-state index in [2.05, 4.69) is 51.3 Å². The van der Waals surface area contributed by atoms with Crippen molar-refractivity contribution >= 4 is 17.6 Å². The van der Waals surface area contributed by atoms with E-state index in [1.165, 1.54) is 5.56 Å². The second kappa shape index (κ2) is 10.4. The van der Waals surface area contributed by atoms with Gasteiger partial charge in [0.15, 0.2) is 6.61 Å². The molecule has 0 aromatic heterocycles. The van der Waals surface area contributed by atoms with Crippen LogP contribution in [-0.4, -0.2) is 82.1 Å². The highest BCUT2D eigenvalue weighted by atomic mass is 16.5. The SMILES string of the molecule is CC(C)C(=O)OCC(=O)NC[C@@H](c1ccc(N(C)C)cc1)N1CCN(C)CC1. The summed E-state index contributed by atoms with van der Waals surface area (Å²) in [7, 11) is 6.17. The maximum Gasteiger partial charge on any atom is 0.308 e. The molecule has 0 unspecified atom stereocenters. The molecule has 1 aromatic carbocycles. The molecule has 1 atom stereocenters. The number of carbonyl (C=O) groups excluding carboxylic acids is 2. The van der Waals surface area contributed by atoms with Crippen LogP contribution in [0.1, 0.15) is 25.5 Å². The van der Waals surface area contributed by atoms with Crippen molar-refractivity contribution in [1.29, 1.82) is 0 Å². The summed E-state index contributed by atoms with van der Waals surface area (Å²) >= 11 is 0. The summed E-state index contributed by atoms with van der Waals surface area (Å²) in [5.74, 6) is -0.857. The van der Waals surface area contributed by atoms with Crippen LogP contribution in [0.4, 0.5) is 5.69 Å². The van der Waals surface area contributed by atoms with Gasteiger partial charge in [-0.25, -0.2) is 0 Å². The zero-order valence-corrected chi connectivity index (χ0v) is 17.8. The smallest absolute Gasteiger partial charge is 0.308 e. The van der Waals surface area contributed by atoms with Crippen LogP contribution in [0.3, 0.4) is 0 Å². The molecule has 0 bridgehead atoms. The summed E-state index contributed by atoms with van der Waals surface area (Å²) in [6.07, 6.45) is 0. The number of nitrogens with zero attached hydrogens (tertiary/aromatic N) is 3. The summed E-state index contributed by atoms with van der Waals surface area (Å²) < 4.78 is 5.03. The number of likely N-dealkylation sites (N-methyl/N-ethyl adjacent to an activating group) is 1. The molecular formula is C21H34N4O3. The Labute approximate surface area is 168 Å². The van der Waals surface area contributed by atoms with E-state index in [1.807, 2.05) is 14.1 Å². The third-order valence-electron chi connectivity index (χ3n) is 5.08. The fourth-order valence-electron chi connectivity index (χ4n) is 3.15. The first-order valence-electron chi connectivity index (χ1n) is 9.91. The van der Waals surface area contributed by atoms with Crippen molar-refractivity contribution in [2.24, 2.45) is 5.92 Å². The highest BCUT2D eigenvalue weighted by Gasteiger charge is 2.24. The van der Waals surface area contributed by atoms with Crippen molar-refractivity contribution in [2.75, 3.05) is 65.4 Å². The van der Waals surface area contributed by atoms with Gasteiger partial charge in [0.1, 0.15) is 0 Å². The van der Waals surface area contributed by atoms with E-state index >= 15 is 0 Å². The van der Waals surface area contributed by atoms with Crippen LogP contribution in [0.15, 0.2) is 24.3 Å². The number of esters is 1. The lowest BCUT2D eigenvalue weighted by atomic mass is 10.0. The van der Waals surface area contributed by atoms with Crippen LogP contribution in [0.5, 0.6) is 0 Å². The first kappa shape index (κ1) is 22.2. The fraction of sp³-hybridized carbons (Fsp3) is 0.619. The molecule has 1 aliphatic rings. The lowest BCUT2D eigenvalue weighted by molar-refractivity contribution is -0.151. The van der Waals surface area contributed by atoms with Gasteiger partial charge in [-0.05, 0) is 24.7 Å². The molecule has 7 heteroatoms. The maximum absolute atomic E-state index is 12.2. The number of anilines is 1. The number of hydrogen-bond donors (Lipinski definition) is 1. The zero-order chi connectivity index (χ0) is 20.7. The molecule has 1 amide bonds. The van der Waals surface area contributed by atoms with E-state index in [0.29, 0.717) is 6.54 Å². The Hall–Kier alpha value is -2.12. The Morgan fingerprint density at radius 3 is 2.25 bits per heavy atom. The summed E-state index contributed by atoms with van der Waals surface area (Å²) in [5.41, 5.74) is 2.32. The first-order valence-corrected chi connectivity index (χ1v) is 9.91. The summed E-state index contributed by atoms with van der Waals surface area (Å²) in [6.45, 7) is 7.68. The van der Waals surface area contributed by atoms with Crippen molar-refractivity contribution in [1.82, 2.24) is 15.1 Å². The van der Waals surface area contributed by atoms with E-state index in [4.69, 9.17) is 4.74 Å². The number of carbonyl (C=O) groups is 2. The quantitative estimate of drug-likeness (QED) is 0.676. The molecular weight excluding hydrogens is 356 g/mol. The number of ether oxygens (including phenoxy) is 1. The van der Waals surface area contributed by atoms with Gasteiger partial charge >= 0.3 is 5.97 Å². The Balaban J connectivity index is 2.02. The van der Waals surface area contributed by atoms with E-state index in [-0.39, 0.29) is 30.4 Å². The number of rotatable bonds is 8.